The summed E-state index contributed by atoms with van der Waals surface area (Å²) < 4.78 is 39.5. The van der Waals surface area contributed by atoms with Gasteiger partial charge in [-0.1, -0.05) is 0 Å². The Labute approximate surface area is 193 Å². The normalized spacial score (nSPS) is 14.6. The van der Waals surface area contributed by atoms with Crippen LogP contribution < -0.4 is 14.8 Å². The second-order valence-electron chi connectivity index (χ2n) is 8.68. The second kappa shape index (κ2) is 8.20. The summed E-state index contributed by atoms with van der Waals surface area (Å²) in [5.74, 6) is 1.59. The van der Waals surface area contributed by atoms with E-state index < -0.39 is 15.6 Å². The summed E-state index contributed by atoms with van der Waals surface area (Å²) in [6.45, 7) is 3.93. The molecule has 0 atom stereocenters. The standard InChI is InChI=1S/C23H26N4O5S/c1-23(2)14-18-19(31-16-6-8-17(9-7-16)33(29,30)26(3)4)12-15(13-20(18)32-23)22(28)24-21-10-11-27(5)25-21/h6-13H,14H2,1-5H3,(H,24,25,28). The lowest BCUT2D eigenvalue weighted by Gasteiger charge is -2.16. The molecule has 0 aliphatic carbocycles. The molecule has 0 saturated carbocycles. The molecule has 10 heteroatoms. The maximum Gasteiger partial charge on any atom is 0.257 e. The van der Waals surface area contributed by atoms with Gasteiger partial charge in [-0.25, -0.2) is 12.7 Å². The summed E-state index contributed by atoms with van der Waals surface area (Å²) >= 11 is 0. The Morgan fingerprint density at radius 3 is 2.48 bits per heavy atom. The molecule has 0 spiro atoms. The van der Waals surface area contributed by atoms with Gasteiger partial charge in [0.1, 0.15) is 22.8 Å². The van der Waals surface area contributed by atoms with Gasteiger partial charge >= 0.3 is 0 Å². The zero-order valence-corrected chi connectivity index (χ0v) is 19.9. The minimum atomic E-state index is -3.54. The molecule has 3 aromatic rings. The van der Waals surface area contributed by atoms with E-state index in [0.29, 0.717) is 35.1 Å². The molecule has 1 amide bonds. The number of hydrogen-bond acceptors (Lipinski definition) is 6. The number of rotatable bonds is 6. The average molecular weight is 471 g/mol. The van der Waals surface area contributed by atoms with E-state index in [-0.39, 0.29) is 10.8 Å². The van der Waals surface area contributed by atoms with E-state index in [2.05, 4.69) is 10.4 Å². The highest BCUT2D eigenvalue weighted by atomic mass is 32.2. The maximum absolute atomic E-state index is 12.9. The Hall–Kier alpha value is -3.37. The van der Waals surface area contributed by atoms with Crippen LogP contribution in [0.15, 0.2) is 53.6 Å². The Kier molecular flexibility index (Phi) is 5.67. The number of anilines is 1. The predicted octanol–water partition coefficient (Wildman–Crippen LogP) is 3.43. The molecule has 0 unspecified atom stereocenters. The number of carbonyl (C=O) groups excluding carboxylic acids is 1. The number of nitrogens with zero attached hydrogens (tertiary/aromatic N) is 3. The first-order chi connectivity index (χ1) is 15.4. The third-order valence-electron chi connectivity index (χ3n) is 5.20. The van der Waals surface area contributed by atoms with Crippen LogP contribution in [0.3, 0.4) is 0 Å². The first-order valence-electron chi connectivity index (χ1n) is 10.3. The van der Waals surface area contributed by atoms with Gasteiger partial charge in [-0.3, -0.25) is 9.48 Å². The van der Waals surface area contributed by atoms with E-state index >= 15 is 0 Å². The number of carbonyl (C=O) groups is 1. The lowest BCUT2D eigenvalue weighted by molar-refractivity contribution is 0.102. The number of nitrogens with one attached hydrogen (secondary N) is 1. The van der Waals surface area contributed by atoms with Crippen molar-refractivity contribution < 1.29 is 22.7 Å². The monoisotopic (exact) mass is 470 g/mol. The Morgan fingerprint density at radius 1 is 1.18 bits per heavy atom. The Balaban J connectivity index is 1.65. The summed E-state index contributed by atoms with van der Waals surface area (Å²) in [5, 5.41) is 6.94. The van der Waals surface area contributed by atoms with Crippen LogP contribution in [0, 0.1) is 0 Å². The van der Waals surface area contributed by atoms with Crippen molar-refractivity contribution in [2.45, 2.75) is 30.8 Å². The molecule has 174 valence electrons. The molecule has 0 bridgehead atoms. The molecule has 0 saturated heterocycles. The van der Waals surface area contributed by atoms with Crippen LogP contribution in [-0.2, 0) is 23.5 Å². The smallest absolute Gasteiger partial charge is 0.257 e. The van der Waals surface area contributed by atoms with Crippen LogP contribution >= 0.6 is 0 Å². The molecule has 0 radical (unpaired) electrons. The molecular formula is C23H26N4O5S. The van der Waals surface area contributed by atoms with Gasteiger partial charge in [0.2, 0.25) is 10.0 Å². The number of benzene rings is 2. The summed E-state index contributed by atoms with van der Waals surface area (Å²) in [7, 11) is 1.18. The molecule has 33 heavy (non-hydrogen) atoms. The zero-order chi connectivity index (χ0) is 24.0. The topological polar surface area (TPSA) is 103 Å². The summed E-state index contributed by atoms with van der Waals surface area (Å²) in [5.41, 5.74) is 0.762. The largest absolute Gasteiger partial charge is 0.487 e. The van der Waals surface area contributed by atoms with Crippen LogP contribution in [0.5, 0.6) is 17.2 Å². The van der Waals surface area contributed by atoms with E-state index in [1.807, 2.05) is 13.8 Å². The number of hydrogen-bond donors (Lipinski definition) is 1. The highest BCUT2D eigenvalue weighted by Gasteiger charge is 2.34. The average Bonchev–Trinajstić information content (AvgIpc) is 3.29. The van der Waals surface area contributed by atoms with Crippen molar-refractivity contribution in [3.8, 4) is 17.2 Å². The molecule has 1 aliphatic heterocycles. The van der Waals surface area contributed by atoms with Crippen LogP contribution in [0.25, 0.3) is 0 Å². The van der Waals surface area contributed by atoms with E-state index in [1.165, 1.54) is 26.2 Å². The fraction of sp³-hybridized carbons (Fsp3) is 0.304. The predicted molar refractivity (Wildman–Crippen MR) is 123 cm³/mol. The van der Waals surface area contributed by atoms with Crippen LogP contribution in [0.4, 0.5) is 5.82 Å². The van der Waals surface area contributed by atoms with E-state index in [4.69, 9.17) is 9.47 Å². The molecule has 1 aromatic heterocycles. The summed E-state index contributed by atoms with van der Waals surface area (Å²) in [6, 6.07) is 11.2. The van der Waals surface area contributed by atoms with Crippen molar-refractivity contribution in [1.82, 2.24) is 14.1 Å². The molecular weight excluding hydrogens is 444 g/mol. The first-order valence-corrected chi connectivity index (χ1v) is 11.8. The minimum Gasteiger partial charge on any atom is -0.487 e. The quantitative estimate of drug-likeness (QED) is 0.592. The van der Waals surface area contributed by atoms with Gasteiger partial charge in [0.25, 0.3) is 5.91 Å². The third-order valence-corrected chi connectivity index (χ3v) is 7.03. The second-order valence-corrected chi connectivity index (χ2v) is 10.8. The van der Waals surface area contributed by atoms with Gasteiger partial charge < -0.3 is 14.8 Å². The molecule has 0 fully saturated rings. The number of aryl methyl sites for hydroxylation is 1. The van der Waals surface area contributed by atoms with Crippen molar-refractivity contribution in [2.24, 2.45) is 7.05 Å². The molecule has 1 aliphatic rings. The molecule has 9 nitrogen and oxygen atoms in total. The lowest BCUT2D eigenvalue weighted by atomic mass is 9.99. The SMILES string of the molecule is CN(C)S(=O)(=O)c1ccc(Oc2cc(C(=O)Nc3ccn(C)n3)cc3c2CC(C)(C)O3)cc1. The van der Waals surface area contributed by atoms with Gasteiger partial charge in [0, 0.05) is 51.0 Å². The maximum atomic E-state index is 12.9. The fourth-order valence-corrected chi connectivity index (χ4v) is 4.46. The van der Waals surface area contributed by atoms with Gasteiger partial charge in [-0.05, 0) is 50.2 Å². The minimum absolute atomic E-state index is 0.165. The molecule has 2 heterocycles. The van der Waals surface area contributed by atoms with Gasteiger partial charge in [0.05, 0.1) is 4.90 Å². The lowest BCUT2D eigenvalue weighted by Crippen LogP contribution is -2.24. The molecule has 2 aromatic carbocycles. The van der Waals surface area contributed by atoms with Crippen molar-refractivity contribution in [3.63, 3.8) is 0 Å². The highest BCUT2D eigenvalue weighted by molar-refractivity contribution is 7.89. The third kappa shape index (κ3) is 4.71. The summed E-state index contributed by atoms with van der Waals surface area (Å²) in [6.07, 6.45) is 2.34. The van der Waals surface area contributed by atoms with E-state index in [1.54, 1.807) is 48.3 Å². The zero-order valence-electron chi connectivity index (χ0n) is 19.1. The van der Waals surface area contributed by atoms with Gasteiger partial charge in [-0.2, -0.15) is 5.10 Å². The Bertz CT molecular complexity index is 1310. The number of fused-ring (bicyclic) bond motifs is 1. The van der Waals surface area contributed by atoms with Crippen LogP contribution in [0.1, 0.15) is 29.8 Å². The van der Waals surface area contributed by atoms with E-state index in [0.717, 1.165) is 9.87 Å². The highest BCUT2D eigenvalue weighted by Crippen LogP contribution is 2.43. The van der Waals surface area contributed by atoms with E-state index in [9.17, 15) is 13.2 Å². The summed E-state index contributed by atoms with van der Waals surface area (Å²) in [4.78, 5) is 13.0. The van der Waals surface area contributed by atoms with Crippen LogP contribution in [0.2, 0.25) is 0 Å². The van der Waals surface area contributed by atoms with Crippen molar-refractivity contribution in [3.05, 3.63) is 59.8 Å². The van der Waals surface area contributed by atoms with Crippen molar-refractivity contribution in [1.29, 1.82) is 0 Å². The number of amides is 1. The number of sulfonamides is 1. The Morgan fingerprint density at radius 2 is 1.88 bits per heavy atom. The van der Waals surface area contributed by atoms with Gasteiger partial charge in [-0.15, -0.1) is 0 Å². The fourth-order valence-electron chi connectivity index (χ4n) is 3.55. The molecule has 1 N–H and O–H groups in total. The molecule has 4 rings (SSSR count). The van der Waals surface area contributed by atoms with Crippen molar-refractivity contribution >= 4 is 21.7 Å². The number of aromatic nitrogens is 2. The van der Waals surface area contributed by atoms with Crippen molar-refractivity contribution in [2.75, 3.05) is 19.4 Å². The first kappa shape index (κ1) is 22.8. The van der Waals surface area contributed by atoms with Crippen LogP contribution in [-0.4, -0.2) is 48.1 Å². The van der Waals surface area contributed by atoms with Gasteiger partial charge in [0.15, 0.2) is 5.82 Å². The number of ether oxygens (including phenoxy) is 2.